The lowest BCUT2D eigenvalue weighted by molar-refractivity contribution is -0.277. The van der Waals surface area contributed by atoms with Gasteiger partial charge in [0.25, 0.3) is 0 Å². The number of amides is 2. The highest BCUT2D eigenvalue weighted by Crippen LogP contribution is 2.28. The van der Waals surface area contributed by atoms with Crippen LogP contribution in [0.5, 0.6) is 0 Å². The number of ether oxygens (including phenoxy) is 7. The minimum atomic E-state index is -1.18. The van der Waals surface area contributed by atoms with E-state index >= 15 is 0 Å². The average Bonchev–Trinajstić information content (AvgIpc) is 2.88. The van der Waals surface area contributed by atoms with E-state index in [0.717, 1.165) is 0 Å². The van der Waals surface area contributed by atoms with E-state index in [9.17, 15) is 24.0 Å². The Morgan fingerprint density at radius 1 is 0.780 bits per heavy atom. The van der Waals surface area contributed by atoms with Gasteiger partial charge in [0, 0.05) is 53.8 Å². The number of nitrogens with two attached hydrogens (primary N) is 1. The smallest absolute Gasteiger partial charge is 0.303 e. The molecule has 1 heterocycles. The summed E-state index contributed by atoms with van der Waals surface area (Å²) in [6, 6.07) is -1.01. The van der Waals surface area contributed by atoms with Crippen LogP contribution in [0.4, 0.5) is 0 Å². The van der Waals surface area contributed by atoms with Gasteiger partial charge in [0.2, 0.25) is 11.8 Å². The van der Waals surface area contributed by atoms with Crippen LogP contribution in [0, 0.1) is 0 Å². The van der Waals surface area contributed by atoms with Gasteiger partial charge in [-0.25, -0.2) is 0 Å². The molecule has 0 aromatic heterocycles. The summed E-state index contributed by atoms with van der Waals surface area (Å²) >= 11 is 0. The molecular formula is C26H45N3O12. The normalized spacial score (nSPS) is 21.9. The van der Waals surface area contributed by atoms with Gasteiger partial charge < -0.3 is 49.5 Å². The van der Waals surface area contributed by atoms with Crippen molar-refractivity contribution < 1.29 is 57.1 Å². The molecule has 0 aliphatic carbocycles. The minimum Gasteiger partial charge on any atom is -0.463 e. The zero-order valence-corrected chi connectivity index (χ0v) is 24.3. The molecule has 0 aromatic carbocycles. The van der Waals surface area contributed by atoms with Crippen LogP contribution in [0.3, 0.4) is 0 Å². The van der Waals surface area contributed by atoms with Crippen LogP contribution in [0.2, 0.25) is 0 Å². The summed E-state index contributed by atoms with van der Waals surface area (Å²) in [5.74, 6) is -2.52. The highest BCUT2D eigenvalue weighted by molar-refractivity contribution is 5.76. The Balaban J connectivity index is 2.60. The first-order valence-electron chi connectivity index (χ1n) is 13.7. The molecule has 41 heavy (non-hydrogen) atoms. The Bertz CT molecular complexity index is 828. The second-order valence-electron chi connectivity index (χ2n) is 9.26. The molecule has 15 nitrogen and oxygen atoms in total. The topological polar surface area (TPSA) is 200 Å². The van der Waals surface area contributed by atoms with Crippen LogP contribution in [0.1, 0.15) is 53.4 Å². The van der Waals surface area contributed by atoms with Crippen molar-refractivity contribution in [1.29, 1.82) is 0 Å². The van der Waals surface area contributed by atoms with Gasteiger partial charge in [0.05, 0.1) is 26.4 Å². The third kappa shape index (κ3) is 16.2. The molecule has 1 aliphatic heterocycles. The molecule has 4 N–H and O–H groups in total. The molecule has 1 unspecified atom stereocenters. The highest BCUT2D eigenvalue weighted by Gasteiger charge is 2.51. The number of esters is 3. The zero-order chi connectivity index (χ0) is 30.6. The van der Waals surface area contributed by atoms with Crippen molar-refractivity contribution in [2.24, 2.45) is 5.73 Å². The molecule has 1 saturated heterocycles. The fourth-order valence-electron chi connectivity index (χ4n) is 3.92. The Morgan fingerprint density at radius 3 is 2.05 bits per heavy atom. The van der Waals surface area contributed by atoms with Crippen molar-refractivity contribution in [3.63, 3.8) is 0 Å². The van der Waals surface area contributed by atoms with Gasteiger partial charge in [-0.2, -0.15) is 0 Å². The summed E-state index contributed by atoms with van der Waals surface area (Å²) < 4.78 is 38.2. The first-order chi connectivity index (χ1) is 19.5. The number of unbranched alkanes of at least 4 members (excludes halogenated alkanes) is 2. The highest BCUT2D eigenvalue weighted by atomic mass is 16.7. The Morgan fingerprint density at radius 2 is 1.44 bits per heavy atom. The number of rotatable bonds is 20. The number of hydrogen-bond acceptors (Lipinski definition) is 13. The SMILES string of the molecule is CC(=O)N[C@@H]1C(OC(C)=O)[C@@H](OC(C)=O)[C@@H](COC(C)=O)O[C@H]1OCCCCCNC(=O)CCOCCOCCN. The van der Waals surface area contributed by atoms with Crippen LogP contribution in [0.25, 0.3) is 0 Å². The molecule has 0 spiro atoms. The third-order valence-electron chi connectivity index (χ3n) is 5.60. The number of nitrogens with one attached hydrogen (secondary N) is 2. The van der Waals surface area contributed by atoms with Crippen molar-refractivity contribution in [2.45, 2.75) is 84.0 Å². The van der Waals surface area contributed by atoms with Crippen molar-refractivity contribution in [2.75, 3.05) is 52.7 Å². The molecule has 1 aliphatic rings. The van der Waals surface area contributed by atoms with Gasteiger partial charge >= 0.3 is 17.9 Å². The third-order valence-corrected chi connectivity index (χ3v) is 5.60. The lowest BCUT2D eigenvalue weighted by atomic mass is 9.96. The van der Waals surface area contributed by atoms with Crippen LogP contribution >= 0.6 is 0 Å². The van der Waals surface area contributed by atoms with E-state index in [1.165, 1.54) is 27.7 Å². The Kier molecular flexibility index (Phi) is 18.5. The van der Waals surface area contributed by atoms with Gasteiger partial charge in [-0.15, -0.1) is 0 Å². The van der Waals surface area contributed by atoms with Gasteiger partial charge in [-0.05, 0) is 19.3 Å². The zero-order valence-electron chi connectivity index (χ0n) is 24.3. The minimum absolute atomic E-state index is 0.115. The van der Waals surface area contributed by atoms with E-state index < -0.39 is 54.5 Å². The van der Waals surface area contributed by atoms with Gasteiger partial charge in [-0.3, -0.25) is 24.0 Å². The van der Waals surface area contributed by atoms with E-state index in [0.29, 0.717) is 58.8 Å². The van der Waals surface area contributed by atoms with E-state index in [-0.39, 0.29) is 25.5 Å². The monoisotopic (exact) mass is 591 g/mol. The quantitative estimate of drug-likeness (QED) is 0.0915. The van der Waals surface area contributed by atoms with E-state index in [2.05, 4.69) is 10.6 Å². The fraction of sp³-hybridized carbons (Fsp3) is 0.808. The van der Waals surface area contributed by atoms with E-state index in [1.54, 1.807) is 0 Å². The van der Waals surface area contributed by atoms with E-state index in [1.807, 2.05) is 0 Å². The number of hydrogen-bond donors (Lipinski definition) is 3. The molecule has 0 bridgehead atoms. The van der Waals surface area contributed by atoms with Crippen LogP contribution in [-0.4, -0.2) is 113 Å². The summed E-state index contributed by atoms with van der Waals surface area (Å²) in [5, 5.41) is 5.47. The second-order valence-corrected chi connectivity index (χ2v) is 9.26. The number of carbonyl (C=O) groups is 5. The lowest BCUT2D eigenvalue weighted by Gasteiger charge is -2.44. The first-order valence-corrected chi connectivity index (χ1v) is 13.7. The molecule has 0 saturated carbocycles. The summed E-state index contributed by atoms with van der Waals surface area (Å²) in [6.07, 6.45) is -2.22. The second kappa shape index (κ2) is 20.9. The molecule has 0 radical (unpaired) electrons. The molecule has 1 rings (SSSR count). The molecule has 1 fully saturated rings. The summed E-state index contributed by atoms with van der Waals surface area (Å²) in [6.45, 7) is 7.27. The maximum absolute atomic E-state index is 12.0. The largest absolute Gasteiger partial charge is 0.463 e. The molecule has 15 heteroatoms. The maximum atomic E-state index is 12.0. The van der Waals surface area contributed by atoms with Crippen LogP contribution in [-0.2, 0) is 57.1 Å². The van der Waals surface area contributed by atoms with Gasteiger partial charge in [-0.1, -0.05) is 0 Å². The predicted molar refractivity (Wildman–Crippen MR) is 142 cm³/mol. The van der Waals surface area contributed by atoms with Crippen molar-refractivity contribution in [3.8, 4) is 0 Å². The summed E-state index contributed by atoms with van der Waals surface area (Å²) in [7, 11) is 0. The standard InChI is InChI=1S/C26H45N3O12/c1-17(30)29-23-25(40-20(4)33)24(39-19(3)32)21(16-38-18(2)31)41-26(23)37-11-7-5-6-10-28-22(34)8-12-35-14-15-36-13-9-27/h21,23-26H,5-16,27H2,1-4H3,(H,28,34)(H,29,30)/t21-,23-,24+,25?,26-/m1/s1. The molecular weight excluding hydrogens is 546 g/mol. The van der Waals surface area contributed by atoms with Crippen molar-refractivity contribution in [3.05, 3.63) is 0 Å². The first kappa shape index (κ1) is 36.2. The van der Waals surface area contributed by atoms with Gasteiger partial charge in [0.1, 0.15) is 18.8 Å². The molecule has 5 atom stereocenters. The van der Waals surface area contributed by atoms with Crippen molar-refractivity contribution >= 4 is 29.7 Å². The van der Waals surface area contributed by atoms with Crippen LogP contribution in [0.15, 0.2) is 0 Å². The van der Waals surface area contributed by atoms with Crippen molar-refractivity contribution in [1.82, 2.24) is 10.6 Å². The van der Waals surface area contributed by atoms with Gasteiger partial charge in [0.15, 0.2) is 18.5 Å². The molecule has 2 amide bonds. The summed E-state index contributed by atoms with van der Waals surface area (Å²) in [5.41, 5.74) is 5.32. The molecule has 0 aromatic rings. The summed E-state index contributed by atoms with van der Waals surface area (Å²) in [4.78, 5) is 59.0. The average molecular weight is 592 g/mol. The molecule has 236 valence electrons. The fourth-order valence-corrected chi connectivity index (χ4v) is 3.92. The number of carbonyl (C=O) groups excluding carboxylic acids is 5. The predicted octanol–water partition coefficient (Wildman–Crippen LogP) is -0.672. The maximum Gasteiger partial charge on any atom is 0.303 e. The van der Waals surface area contributed by atoms with E-state index in [4.69, 9.17) is 38.9 Å². The lowest BCUT2D eigenvalue weighted by Crippen LogP contribution is -2.66. The Hall–Kier alpha value is -2.85. The van der Waals surface area contributed by atoms with Crippen LogP contribution < -0.4 is 16.4 Å². The Labute approximate surface area is 240 Å².